The van der Waals surface area contributed by atoms with Crippen molar-refractivity contribution in [1.29, 1.82) is 0 Å². The molecule has 0 saturated carbocycles. The molecule has 0 aliphatic carbocycles. The van der Waals surface area contributed by atoms with Gasteiger partial charge in [-0.2, -0.15) is 5.06 Å². The van der Waals surface area contributed by atoms with Gasteiger partial charge in [0, 0.05) is 30.8 Å². The van der Waals surface area contributed by atoms with Gasteiger partial charge in [0.25, 0.3) is 0 Å². The number of methoxy groups -OCH3 is 1. The van der Waals surface area contributed by atoms with Crippen LogP contribution in [0.15, 0.2) is 17.9 Å². The molecule has 0 amide bonds. The molecule has 1 atom stereocenters. The summed E-state index contributed by atoms with van der Waals surface area (Å²) in [6, 6.07) is 3.63. The molecule has 8 heteroatoms. The molecule has 1 aromatic carbocycles. The number of ether oxygens (including phenoxy) is 1. The van der Waals surface area contributed by atoms with Crippen LogP contribution in [0.2, 0.25) is 5.02 Å². The van der Waals surface area contributed by atoms with Crippen molar-refractivity contribution < 1.29 is 25.0 Å². The Kier molecular flexibility index (Phi) is 6.12. The lowest BCUT2D eigenvalue weighted by Gasteiger charge is -2.43. The van der Waals surface area contributed by atoms with E-state index in [0.717, 1.165) is 16.7 Å². The zero-order valence-corrected chi connectivity index (χ0v) is 16.7. The fourth-order valence-corrected chi connectivity index (χ4v) is 4.47. The lowest BCUT2D eigenvalue weighted by atomic mass is 9.85. The van der Waals surface area contributed by atoms with Gasteiger partial charge in [-0.05, 0) is 55.5 Å². The minimum absolute atomic E-state index is 0.0917. The molecule has 3 rings (SSSR count). The lowest BCUT2D eigenvalue weighted by Crippen LogP contribution is -2.55. The van der Waals surface area contributed by atoms with E-state index in [1.54, 1.807) is 7.11 Å². The maximum atomic E-state index is 11.3. The molecule has 2 aliphatic heterocycles. The third kappa shape index (κ3) is 3.61. The van der Waals surface area contributed by atoms with E-state index in [1.165, 1.54) is 10.1 Å². The molecule has 1 aromatic rings. The van der Waals surface area contributed by atoms with Crippen LogP contribution >= 0.6 is 11.6 Å². The van der Waals surface area contributed by atoms with Crippen LogP contribution in [0.4, 0.5) is 0 Å². The van der Waals surface area contributed by atoms with Crippen molar-refractivity contribution in [1.82, 2.24) is 10.1 Å². The van der Waals surface area contributed by atoms with Crippen molar-refractivity contribution >= 4 is 17.2 Å². The third-order valence-corrected chi connectivity index (χ3v) is 5.67. The number of hydroxylamine groups is 4. The third-order valence-electron chi connectivity index (χ3n) is 5.45. The molecule has 1 spiro atoms. The normalized spacial score (nSPS) is 23.6. The Morgan fingerprint density at radius 2 is 1.78 bits per heavy atom. The van der Waals surface area contributed by atoms with Gasteiger partial charge in [-0.1, -0.05) is 11.6 Å². The average Bonchev–Trinajstić information content (AvgIpc) is 2.79. The fourth-order valence-electron chi connectivity index (χ4n) is 4.15. The van der Waals surface area contributed by atoms with Crippen molar-refractivity contribution in [2.24, 2.45) is 0 Å². The number of hydrogen-bond donors (Lipinski definition) is 3. The zero-order valence-electron chi connectivity index (χ0n) is 15.9. The Balaban J connectivity index is 2.06. The highest BCUT2D eigenvalue weighted by Gasteiger charge is 2.55. The average molecular weight is 399 g/mol. The number of aliphatic hydroxyl groups excluding tert-OH is 2. The largest absolute Gasteiger partial charge is 0.510 e. The number of hydrogen-bond acceptors (Lipinski definition) is 7. The summed E-state index contributed by atoms with van der Waals surface area (Å²) < 4.78 is 5.05. The number of nitrogens with zero attached hydrogens (tertiary/aromatic N) is 2. The maximum absolute atomic E-state index is 11.3. The van der Waals surface area contributed by atoms with Gasteiger partial charge in [0.05, 0.1) is 13.2 Å². The van der Waals surface area contributed by atoms with E-state index in [0.29, 0.717) is 43.1 Å². The second-order valence-electron chi connectivity index (χ2n) is 7.19. The summed E-state index contributed by atoms with van der Waals surface area (Å²) in [5.74, 6) is 0.0917. The highest BCUT2D eigenvalue weighted by Crippen LogP contribution is 2.48. The van der Waals surface area contributed by atoms with Gasteiger partial charge in [0.2, 0.25) is 0 Å². The smallest absolute Gasteiger partial charge is 0.160 e. The molecule has 0 aromatic heterocycles. The Morgan fingerprint density at radius 1 is 1.19 bits per heavy atom. The molecular formula is C19H27ClN2O5. The summed E-state index contributed by atoms with van der Waals surface area (Å²) >= 11 is 6.15. The predicted octanol–water partition coefficient (Wildman–Crippen LogP) is 2.66. The first kappa shape index (κ1) is 20.5. The van der Waals surface area contributed by atoms with E-state index >= 15 is 0 Å². The summed E-state index contributed by atoms with van der Waals surface area (Å²) in [7, 11) is 1.57. The molecule has 1 saturated heterocycles. The van der Waals surface area contributed by atoms with Gasteiger partial charge < -0.3 is 20.2 Å². The van der Waals surface area contributed by atoms with Gasteiger partial charge in [0.1, 0.15) is 11.3 Å². The number of aliphatic hydroxyl groups is 2. The minimum Gasteiger partial charge on any atom is -0.510 e. The fraction of sp³-hybridized carbons (Fsp3) is 0.579. The van der Waals surface area contributed by atoms with Crippen molar-refractivity contribution in [3.63, 3.8) is 0 Å². The summed E-state index contributed by atoms with van der Waals surface area (Å²) in [5, 5.41) is 35.4. The molecule has 150 valence electrons. The van der Waals surface area contributed by atoms with Crippen LogP contribution in [0.5, 0.6) is 0 Å². The molecular weight excluding hydrogens is 372 g/mol. The minimum atomic E-state index is -1.13. The van der Waals surface area contributed by atoms with Crippen LogP contribution in [-0.4, -0.2) is 70.7 Å². The van der Waals surface area contributed by atoms with Crippen molar-refractivity contribution in [2.75, 3.05) is 33.4 Å². The first-order valence-electron chi connectivity index (χ1n) is 9.05. The molecule has 2 aliphatic rings. The van der Waals surface area contributed by atoms with Crippen LogP contribution in [-0.2, 0) is 9.57 Å². The van der Waals surface area contributed by atoms with Gasteiger partial charge in [-0.3, -0.25) is 4.84 Å². The molecule has 1 unspecified atom stereocenters. The van der Waals surface area contributed by atoms with Crippen LogP contribution in [0.25, 0.3) is 5.57 Å². The van der Waals surface area contributed by atoms with Crippen LogP contribution in [0, 0.1) is 13.8 Å². The molecule has 0 radical (unpaired) electrons. The first-order chi connectivity index (χ1) is 12.8. The summed E-state index contributed by atoms with van der Waals surface area (Å²) in [6.07, 6.45) is -0.283. The van der Waals surface area contributed by atoms with E-state index in [9.17, 15) is 15.4 Å². The summed E-state index contributed by atoms with van der Waals surface area (Å²) in [5.41, 5.74) is 2.06. The molecule has 27 heavy (non-hydrogen) atoms. The SMILES string of the molecule is COCCON1C(O)C(c2c(C)cc(Cl)cc2C)=C(O)C12CCN(O)CC2. The van der Waals surface area contributed by atoms with E-state index in [1.807, 2.05) is 26.0 Å². The predicted molar refractivity (Wildman–Crippen MR) is 101 cm³/mol. The Hall–Kier alpha value is -1.19. The summed E-state index contributed by atoms with van der Waals surface area (Å²) in [4.78, 5) is 5.84. The van der Waals surface area contributed by atoms with Crippen molar-refractivity contribution in [3.8, 4) is 0 Å². The van der Waals surface area contributed by atoms with Crippen LogP contribution in [0.1, 0.15) is 29.5 Å². The Bertz CT molecular complexity index is 708. The van der Waals surface area contributed by atoms with Gasteiger partial charge in [-0.15, -0.1) is 5.06 Å². The molecule has 3 N–H and O–H groups in total. The number of piperidine rings is 1. The van der Waals surface area contributed by atoms with Crippen molar-refractivity contribution in [2.45, 2.75) is 38.5 Å². The molecule has 7 nitrogen and oxygen atoms in total. The standard InChI is InChI=1S/C19H27ClN2O5/c1-12-10-14(20)11-13(2)15(12)16-17(23)19(4-6-21(25)7-5-19)22(18(16)24)27-9-8-26-3/h10-11,18,23-25H,4-9H2,1-3H3. The molecule has 0 bridgehead atoms. The second-order valence-corrected chi connectivity index (χ2v) is 7.62. The highest BCUT2D eigenvalue weighted by atomic mass is 35.5. The monoisotopic (exact) mass is 398 g/mol. The highest BCUT2D eigenvalue weighted by molar-refractivity contribution is 6.30. The molecule has 1 fully saturated rings. The molecule has 2 heterocycles. The van der Waals surface area contributed by atoms with Crippen LogP contribution < -0.4 is 0 Å². The topological polar surface area (TPSA) is 85.6 Å². The Morgan fingerprint density at radius 3 is 2.33 bits per heavy atom. The lowest BCUT2D eigenvalue weighted by molar-refractivity contribution is -0.280. The summed E-state index contributed by atoms with van der Waals surface area (Å²) in [6.45, 7) is 5.15. The van der Waals surface area contributed by atoms with Gasteiger partial charge >= 0.3 is 0 Å². The number of halogens is 1. The number of aryl methyl sites for hydroxylation is 2. The quantitative estimate of drug-likeness (QED) is 0.657. The zero-order chi connectivity index (χ0) is 19.8. The second kappa shape index (κ2) is 8.05. The van der Waals surface area contributed by atoms with Crippen LogP contribution in [0.3, 0.4) is 0 Å². The van der Waals surface area contributed by atoms with Gasteiger partial charge in [-0.25, -0.2) is 0 Å². The number of rotatable bonds is 5. The Labute approximate surface area is 164 Å². The van der Waals surface area contributed by atoms with Gasteiger partial charge in [0.15, 0.2) is 6.23 Å². The maximum Gasteiger partial charge on any atom is 0.160 e. The van der Waals surface area contributed by atoms with E-state index in [4.69, 9.17) is 21.2 Å². The van der Waals surface area contributed by atoms with Crippen molar-refractivity contribution in [3.05, 3.63) is 39.6 Å². The van der Waals surface area contributed by atoms with E-state index < -0.39 is 11.8 Å². The first-order valence-corrected chi connectivity index (χ1v) is 9.43. The van der Waals surface area contributed by atoms with E-state index in [-0.39, 0.29) is 12.4 Å². The number of benzene rings is 1. The van der Waals surface area contributed by atoms with E-state index in [2.05, 4.69) is 0 Å².